The Kier molecular flexibility index (Phi) is 3.01. The van der Waals surface area contributed by atoms with E-state index in [0.29, 0.717) is 24.1 Å². The normalized spacial score (nSPS) is 24.9. The minimum Gasteiger partial charge on any atom is -0.295 e. The summed E-state index contributed by atoms with van der Waals surface area (Å²) >= 11 is 0. The molecule has 2 aliphatic rings. The van der Waals surface area contributed by atoms with E-state index in [9.17, 15) is 14.4 Å². The summed E-state index contributed by atoms with van der Waals surface area (Å²) in [5.41, 5.74) is 1.13. The molecule has 2 atom stereocenters. The van der Waals surface area contributed by atoms with Gasteiger partial charge in [-0.3, -0.25) is 19.3 Å². The number of carbonyl (C=O) groups excluding carboxylic acids is 3. The predicted octanol–water partition coefficient (Wildman–Crippen LogP) is 2.34. The molecule has 0 radical (unpaired) electrons. The van der Waals surface area contributed by atoms with Gasteiger partial charge >= 0.3 is 0 Å². The van der Waals surface area contributed by atoms with Gasteiger partial charge in [-0.15, -0.1) is 0 Å². The van der Waals surface area contributed by atoms with Gasteiger partial charge in [0.15, 0.2) is 5.78 Å². The molecule has 0 bridgehead atoms. The summed E-state index contributed by atoms with van der Waals surface area (Å²) in [5.74, 6) is -0.728. The Morgan fingerprint density at radius 2 is 1.50 bits per heavy atom. The zero-order valence-corrected chi connectivity index (χ0v) is 11.2. The van der Waals surface area contributed by atoms with E-state index in [0.717, 1.165) is 0 Å². The number of carbonyl (C=O) groups is 3. The van der Waals surface area contributed by atoms with Gasteiger partial charge in [-0.1, -0.05) is 12.2 Å². The number of hydrogen-bond donors (Lipinski definition) is 0. The first-order valence-corrected chi connectivity index (χ1v) is 6.73. The van der Waals surface area contributed by atoms with Crippen molar-refractivity contribution < 1.29 is 14.4 Å². The number of hydrogen-bond acceptors (Lipinski definition) is 3. The van der Waals surface area contributed by atoms with Gasteiger partial charge in [0.05, 0.1) is 17.5 Å². The first-order chi connectivity index (χ1) is 9.59. The highest BCUT2D eigenvalue weighted by molar-refractivity contribution is 6.22. The Morgan fingerprint density at radius 3 is 1.95 bits per heavy atom. The molecular weight excluding hydrogens is 254 g/mol. The third-order valence-corrected chi connectivity index (χ3v) is 4.04. The maximum absolute atomic E-state index is 12.4. The minimum absolute atomic E-state index is 0.0338. The highest BCUT2D eigenvalue weighted by Gasteiger charge is 2.47. The molecule has 2 amide bonds. The van der Waals surface area contributed by atoms with Crippen molar-refractivity contribution in [2.24, 2.45) is 11.8 Å². The SMILES string of the molecule is CC(=O)c1ccc(N2C(=O)[C@H]3CC=CC[C@H]3C2=O)cc1. The third kappa shape index (κ3) is 1.88. The monoisotopic (exact) mass is 269 g/mol. The van der Waals surface area contributed by atoms with Crippen LogP contribution in [0.25, 0.3) is 0 Å². The van der Waals surface area contributed by atoms with Crippen molar-refractivity contribution in [1.82, 2.24) is 0 Å². The molecule has 1 heterocycles. The number of amides is 2. The molecule has 20 heavy (non-hydrogen) atoms. The quantitative estimate of drug-likeness (QED) is 0.470. The van der Waals surface area contributed by atoms with Crippen LogP contribution in [0.15, 0.2) is 36.4 Å². The number of anilines is 1. The van der Waals surface area contributed by atoms with Gasteiger partial charge in [-0.25, -0.2) is 0 Å². The van der Waals surface area contributed by atoms with Crippen LogP contribution < -0.4 is 4.90 Å². The van der Waals surface area contributed by atoms with Crippen LogP contribution in [0.2, 0.25) is 0 Å². The summed E-state index contributed by atoms with van der Waals surface area (Å²) in [4.78, 5) is 37.3. The Labute approximate surface area is 117 Å². The molecule has 1 aliphatic heterocycles. The molecule has 1 saturated heterocycles. The molecule has 0 N–H and O–H groups in total. The van der Waals surface area contributed by atoms with Crippen LogP contribution in [0.5, 0.6) is 0 Å². The molecule has 0 unspecified atom stereocenters. The lowest BCUT2D eigenvalue weighted by molar-refractivity contribution is -0.122. The van der Waals surface area contributed by atoms with Gasteiger partial charge in [0, 0.05) is 5.56 Å². The molecule has 0 aromatic heterocycles. The molecule has 4 heteroatoms. The van der Waals surface area contributed by atoms with Crippen molar-refractivity contribution in [2.45, 2.75) is 19.8 Å². The fourth-order valence-electron chi connectivity index (χ4n) is 2.90. The fourth-order valence-corrected chi connectivity index (χ4v) is 2.90. The topological polar surface area (TPSA) is 54.5 Å². The molecule has 0 saturated carbocycles. The van der Waals surface area contributed by atoms with E-state index in [1.54, 1.807) is 24.3 Å². The van der Waals surface area contributed by atoms with Crippen LogP contribution in [0.4, 0.5) is 5.69 Å². The smallest absolute Gasteiger partial charge is 0.238 e. The van der Waals surface area contributed by atoms with Gasteiger partial charge in [0.2, 0.25) is 11.8 Å². The Morgan fingerprint density at radius 1 is 1.00 bits per heavy atom. The van der Waals surface area contributed by atoms with Crippen molar-refractivity contribution in [3.05, 3.63) is 42.0 Å². The predicted molar refractivity (Wildman–Crippen MR) is 74.3 cm³/mol. The van der Waals surface area contributed by atoms with E-state index in [1.165, 1.54) is 11.8 Å². The number of nitrogens with zero attached hydrogens (tertiary/aromatic N) is 1. The van der Waals surface area contributed by atoms with Gasteiger partial charge in [0.25, 0.3) is 0 Å². The van der Waals surface area contributed by atoms with Crippen LogP contribution in [0, 0.1) is 11.8 Å². The molecule has 4 nitrogen and oxygen atoms in total. The largest absolute Gasteiger partial charge is 0.295 e. The lowest BCUT2D eigenvalue weighted by atomic mass is 9.85. The van der Waals surface area contributed by atoms with Crippen LogP contribution in [-0.2, 0) is 9.59 Å². The number of benzene rings is 1. The Balaban J connectivity index is 1.92. The summed E-state index contributed by atoms with van der Waals surface area (Å²) < 4.78 is 0. The molecule has 102 valence electrons. The summed E-state index contributed by atoms with van der Waals surface area (Å²) in [6.45, 7) is 1.49. The average molecular weight is 269 g/mol. The van der Waals surface area contributed by atoms with Crippen molar-refractivity contribution in [3.8, 4) is 0 Å². The summed E-state index contributed by atoms with van der Waals surface area (Å²) in [7, 11) is 0. The van der Waals surface area contributed by atoms with Crippen molar-refractivity contribution in [1.29, 1.82) is 0 Å². The summed E-state index contributed by atoms with van der Waals surface area (Å²) in [6.07, 6.45) is 5.21. The third-order valence-electron chi connectivity index (χ3n) is 4.04. The second kappa shape index (κ2) is 4.71. The zero-order chi connectivity index (χ0) is 14.3. The van der Waals surface area contributed by atoms with Gasteiger partial charge < -0.3 is 0 Å². The summed E-state index contributed by atoms with van der Waals surface area (Å²) in [6, 6.07) is 6.63. The van der Waals surface area contributed by atoms with Crippen LogP contribution in [0.1, 0.15) is 30.1 Å². The maximum Gasteiger partial charge on any atom is 0.238 e. The van der Waals surface area contributed by atoms with Gasteiger partial charge in [0.1, 0.15) is 0 Å². The van der Waals surface area contributed by atoms with E-state index >= 15 is 0 Å². The Bertz CT molecular complexity index is 589. The number of fused-ring (bicyclic) bond motifs is 1. The Hall–Kier alpha value is -2.23. The molecule has 0 spiro atoms. The van der Waals surface area contributed by atoms with Crippen molar-refractivity contribution >= 4 is 23.3 Å². The van der Waals surface area contributed by atoms with E-state index < -0.39 is 0 Å². The van der Waals surface area contributed by atoms with Crippen molar-refractivity contribution in [3.63, 3.8) is 0 Å². The van der Waals surface area contributed by atoms with Gasteiger partial charge in [-0.2, -0.15) is 0 Å². The maximum atomic E-state index is 12.4. The zero-order valence-electron chi connectivity index (χ0n) is 11.2. The van der Waals surface area contributed by atoms with Crippen LogP contribution in [0.3, 0.4) is 0 Å². The molecule has 1 aliphatic carbocycles. The number of Topliss-reactive ketones (excluding diaryl/α,β-unsaturated/α-hetero) is 1. The van der Waals surface area contributed by atoms with Gasteiger partial charge in [-0.05, 0) is 44.0 Å². The average Bonchev–Trinajstić information content (AvgIpc) is 2.72. The molecule has 1 fully saturated rings. The highest BCUT2D eigenvalue weighted by atomic mass is 16.2. The second-order valence-electron chi connectivity index (χ2n) is 5.27. The molecular formula is C16H15NO3. The van der Waals surface area contributed by atoms with E-state index in [-0.39, 0.29) is 29.4 Å². The second-order valence-corrected chi connectivity index (χ2v) is 5.27. The van der Waals surface area contributed by atoms with E-state index in [4.69, 9.17) is 0 Å². The first-order valence-electron chi connectivity index (χ1n) is 6.73. The number of imide groups is 1. The lowest BCUT2D eigenvalue weighted by Crippen LogP contribution is -2.30. The standard InChI is InChI=1S/C16H15NO3/c1-10(18)11-6-8-12(9-7-11)17-15(19)13-4-2-3-5-14(13)16(17)20/h2-3,6-9,13-14H,4-5H2,1H3/t13-,14+. The fraction of sp³-hybridized carbons (Fsp3) is 0.312. The van der Waals surface area contributed by atoms with E-state index in [1.807, 2.05) is 12.2 Å². The molecule has 3 rings (SSSR count). The minimum atomic E-state index is -0.222. The van der Waals surface area contributed by atoms with E-state index in [2.05, 4.69) is 0 Å². The molecule has 1 aromatic carbocycles. The van der Waals surface area contributed by atoms with Crippen LogP contribution >= 0.6 is 0 Å². The lowest BCUT2D eigenvalue weighted by Gasteiger charge is -2.14. The first kappa shape index (κ1) is 12.8. The van der Waals surface area contributed by atoms with Crippen LogP contribution in [-0.4, -0.2) is 17.6 Å². The summed E-state index contributed by atoms with van der Waals surface area (Å²) in [5, 5.41) is 0. The number of allylic oxidation sites excluding steroid dienone is 2. The van der Waals surface area contributed by atoms with Crippen molar-refractivity contribution in [2.75, 3.05) is 4.90 Å². The number of ketones is 1. The number of rotatable bonds is 2. The molecule has 1 aromatic rings. The highest BCUT2D eigenvalue weighted by Crippen LogP contribution is 2.37.